The van der Waals surface area contributed by atoms with Gasteiger partial charge in [-0.1, -0.05) is 42.8 Å². The van der Waals surface area contributed by atoms with Crippen molar-refractivity contribution in [1.29, 1.82) is 0 Å². The molecule has 6 heterocycles. The number of benzene rings is 2. The smallest absolute Gasteiger partial charge is 0.355 e. The Morgan fingerprint density at radius 2 is 1.14 bits per heavy atom. The average molecular weight is 1050 g/mol. The lowest BCUT2D eigenvalue weighted by molar-refractivity contribution is -0.145. The lowest BCUT2D eigenvalue weighted by atomic mass is 10.1. The molecule has 0 bridgehead atoms. The van der Waals surface area contributed by atoms with Gasteiger partial charge in [-0.05, 0) is 96.1 Å². The van der Waals surface area contributed by atoms with Crippen LogP contribution in [0.2, 0.25) is 10.0 Å². The fraction of sp³-hybridized carbons (Fsp3) is 0.200. The number of amides is 4. The molecule has 29 heteroatoms. The van der Waals surface area contributed by atoms with Crippen molar-refractivity contribution >= 4 is 69.6 Å². The summed E-state index contributed by atoms with van der Waals surface area (Å²) in [7, 11) is 2.87. The molecular weight excluding hydrogens is 1010 g/mol. The minimum Gasteiger partial charge on any atom is -0.355 e. The molecule has 8 rings (SSSR count). The second-order valence-corrected chi connectivity index (χ2v) is 16.0. The zero-order chi connectivity index (χ0) is 52.7. The quantitative estimate of drug-likeness (QED) is 0.0915. The third-order valence-corrected chi connectivity index (χ3v) is 10.8. The van der Waals surface area contributed by atoms with Crippen molar-refractivity contribution in [2.24, 2.45) is 0 Å². The topological polar surface area (TPSA) is 274 Å². The van der Waals surface area contributed by atoms with E-state index >= 15 is 0 Å². The van der Waals surface area contributed by atoms with Crippen LogP contribution in [0.25, 0.3) is 21.3 Å². The number of halogens is 5. The predicted molar refractivity (Wildman–Crippen MR) is 261 cm³/mol. The first-order chi connectivity index (χ1) is 34.8. The fourth-order valence-electron chi connectivity index (χ4n) is 6.82. The molecule has 74 heavy (non-hydrogen) atoms. The minimum atomic E-state index is -4.78. The summed E-state index contributed by atoms with van der Waals surface area (Å²) in [5, 5.41) is 40.7. The van der Waals surface area contributed by atoms with E-state index in [1.807, 2.05) is 0 Å². The maximum Gasteiger partial charge on any atom is 0.455 e. The van der Waals surface area contributed by atoms with Crippen molar-refractivity contribution in [2.75, 3.05) is 24.7 Å². The van der Waals surface area contributed by atoms with Crippen LogP contribution < -0.4 is 21.3 Å². The number of pyridine rings is 2. The van der Waals surface area contributed by atoms with E-state index in [9.17, 15) is 32.3 Å². The van der Waals surface area contributed by atoms with Crippen molar-refractivity contribution in [3.63, 3.8) is 0 Å². The number of alkyl halides is 3. The van der Waals surface area contributed by atoms with Gasteiger partial charge in [0.05, 0.1) is 63.6 Å². The first-order valence-corrected chi connectivity index (χ1v) is 21.7. The molecule has 6 aromatic heterocycles. The number of tetrazole rings is 2. The van der Waals surface area contributed by atoms with Gasteiger partial charge < -0.3 is 21.3 Å². The molecule has 0 saturated heterocycles. The van der Waals surface area contributed by atoms with Gasteiger partial charge in [-0.3, -0.25) is 19.2 Å². The van der Waals surface area contributed by atoms with Crippen molar-refractivity contribution in [1.82, 2.24) is 80.6 Å². The van der Waals surface area contributed by atoms with E-state index < -0.39 is 35.6 Å². The number of carbonyl (C=O) groups is 4. The SMILES string of the molecule is C.[C-]#[N+]c1cc(C)c(NC(=O)c2cc(Cn3nnc(C(F)(F)F)n3)nn2-c2ncccc2Cl)c(C(=O)NC)c1.[C-]#[N+]c1cc(C)c(NC(=O)c2cc(Cn3nnnc3C)nn2-c2ncccc2Cl)c(C(=O)NC)c1. The predicted octanol–water partition coefficient (Wildman–Crippen LogP) is 6.82. The highest BCUT2D eigenvalue weighted by atomic mass is 35.5. The zero-order valence-electron chi connectivity index (χ0n) is 38.5. The Hall–Kier alpha value is -9.47. The monoisotopic (exact) mass is 1050 g/mol. The van der Waals surface area contributed by atoms with Gasteiger partial charge >= 0.3 is 6.18 Å². The number of aromatic nitrogens is 14. The van der Waals surface area contributed by atoms with Crippen molar-refractivity contribution in [3.05, 3.63) is 163 Å². The maximum absolute atomic E-state index is 13.5. The summed E-state index contributed by atoms with van der Waals surface area (Å²) in [6.45, 7) is 19.4. The summed E-state index contributed by atoms with van der Waals surface area (Å²) in [6, 6.07) is 15.1. The van der Waals surface area contributed by atoms with Gasteiger partial charge in [0.1, 0.15) is 23.8 Å². The highest BCUT2D eigenvalue weighted by molar-refractivity contribution is 6.32. The molecule has 0 aliphatic rings. The van der Waals surface area contributed by atoms with E-state index in [1.165, 1.54) is 66.2 Å². The Bertz CT molecular complexity index is 3540. The molecule has 0 aliphatic carbocycles. The van der Waals surface area contributed by atoms with Crippen molar-refractivity contribution < 1.29 is 32.3 Å². The number of aryl methyl sites for hydroxylation is 3. The molecule has 0 atom stereocenters. The third-order valence-electron chi connectivity index (χ3n) is 10.2. The molecule has 0 aliphatic heterocycles. The molecule has 378 valence electrons. The van der Waals surface area contributed by atoms with Crippen LogP contribution in [0.4, 0.5) is 35.9 Å². The molecular formula is C45H39Cl2F3N20O4. The molecule has 8 aromatic rings. The summed E-state index contributed by atoms with van der Waals surface area (Å²) < 4.78 is 42.6. The second kappa shape index (κ2) is 22.7. The van der Waals surface area contributed by atoms with E-state index in [0.29, 0.717) is 32.5 Å². The Balaban J connectivity index is 0.000000238. The first kappa shape index (κ1) is 53.9. The van der Waals surface area contributed by atoms with Gasteiger partial charge in [0.25, 0.3) is 29.5 Å². The van der Waals surface area contributed by atoms with Gasteiger partial charge in [-0.2, -0.15) is 28.2 Å². The third kappa shape index (κ3) is 11.8. The average Bonchev–Trinajstić information content (AvgIpc) is 4.20. The molecule has 0 fully saturated rings. The van der Waals surface area contributed by atoms with E-state index in [-0.39, 0.29) is 88.1 Å². The molecule has 24 nitrogen and oxygen atoms in total. The maximum atomic E-state index is 13.5. The second-order valence-electron chi connectivity index (χ2n) is 15.2. The van der Waals surface area contributed by atoms with Crippen molar-refractivity contribution in [3.8, 4) is 11.6 Å². The van der Waals surface area contributed by atoms with E-state index in [4.69, 9.17) is 36.3 Å². The number of nitrogens with zero attached hydrogens (tertiary/aromatic N) is 16. The lowest BCUT2D eigenvalue weighted by Crippen LogP contribution is -2.23. The van der Waals surface area contributed by atoms with Gasteiger partial charge in [-0.25, -0.2) is 33.7 Å². The number of nitrogens with one attached hydrogen (secondary N) is 4. The fourth-order valence-corrected chi connectivity index (χ4v) is 7.23. The summed E-state index contributed by atoms with van der Waals surface area (Å²) >= 11 is 12.6. The molecule has 2 aromatic carbocycles. The highest BCUT2D eigenvalue weighted by Crippen LogP contribution is 2.31. The Morgan fingerprint density at radius 3 is 1.53 bits per heavy atom. The van der Waals surface area contributed by atoms with E-state index in [0.717, 1.165) is 4.68 Å². The van der Waals surface area contributed by atoms with Crippen LogP contribution in [0, 0.1) is 33.9 Å². The zero-order valence-corrected chi connectivity index (χ0v) is 40.0. The highest BCUT2D eigenvalue weighted by Gasteiger charge is 2.37. The number of carbonyl (C=O) groups excluding carboxylic acids is 4. The lowest BCUT2D eigenvalue weighted by Gasteiger charge is -2.15. The van der Waals surface area contributed by atoms with E-state index in [2.05, 4.69) is 82.1 Å². The molecule has 0 radical (unpaired) electrons. The van der Waals surface area contributed by atoms with Crippen LogP contribution in [0.1, 0.15) is 83.3 Å². The van der Waals surface area contributed by atoms with Crippen molar-refractivity contribution in [2.45, 2.75) is 47.5 Å². The van der Waals surface area contributed by atoms with Crippen LogP contribution in [-0.4, -0.2) is 108 Å². The Morgan fingerprint density at radius 1 is 0.662 bits per heavy atom. The number of hydrogen-bond acceptors (Lipinski definition) is 14. The van der Waals surface area contributed by atoms with Crippen LogP contribution in [0.15, 0.2) is 73.1 Å². The number of hydrogen-bond donors (Lipinski definition) is 4. The Kier molecular flexibility index (Phi) is 16.6. The number of rotatable bonds is 12. The van der Waals surface area contributed by atoms with Gasteiger partial charge in [0, 0.05) is 26.5 Å². The van der Waals surface area contributed by atoms with Crippen LogP contribution in [0.5, 0.6) is 0 Å². The number of anilines is 2. The van der Waals surface area contributed by atoms with Crippen LogP contribution in [-0.2, 0) is 19.3 Å². The summed E-state index contributed by atoms with van der Waals surface area (Å²) in [5.41, 5.74) is 2.73. The summed E-state index contributed by atoms with van der Waals surface area (Å²) in [5.74, 6) is -2.79. The summed E-state index contributed by atoms with van der Waals surface area (Å²) in [6.07, 6.45) is -1.84. The first-order valence-electron chi connectivity index (χ1n) is 20.9. The van der Waals surface area contributed by atoms with Crippen LogP contribution >= 0.6 is 23.2 Å². The largest absolute Gasteiger partial charge is 0.455 e. The standard InChI is InChI=1S/C22H16ClF3N10O2.C22H19ClN10O2.CH4/c1-11-7-12(27-2)8-14(19(37)28-3)17(11)30-20(38)16-9-13(10-35-33-21(31-34-35)22(24,25)26)32-36(16)18-15(23)5-4-6-29-18;1-12-8-14(24-3)9-16(21(34)25-4)19(12)27-22(35)18-10-15(11-32-13(2)28-30-31-32)29-33(18)20-17(23)6-5-7-26-20;/h4-9H,10H2,1,3H3,(H,28,37)(H,30,38);5-10H,11H2,1-2,4H3,(H,25,34)(H,27,35);1H4. The molecule has 4 N–H and O–H groups in total. The Labute approximate surface area is 427 Å². The van der Waals surface area contributed by atoms with Crippen LogP contribution in [0.3, 0.4) is 0 Å². The summed E-state index contributed by atoms with van der Waals surface area (Å²) in [4.78, 5) is 67.7. The van der Waals surface area contributed by atoms with E-state index in [1.54, 1.807) is 51.1 Å². The minimum absolute atomic E-state index is 0. The van der Waals surface area contributed by atoms with Gasteiger partial charge in [0.2, 0.25) is 0 Å². The van der Waals surface area contributed by atoms with Gasteiger partial charge in [-0.15, -0.1) is 15.3 Å². The van der Waals surface area contributed by atoms with Gasteiger partial charge in [0.15, 0.2) is 23.0 Å². The normalized spacial score (nSPS) is 10.8. The molecule has 0 spiro atoms. The molecule has 0 saturated carbocycles. The molecule has 0 unspecified atom stereocenters. The molecule has 4 amide bonds.